The van der Waals surface area contributed by atoms with E-state index in [1.807, 2.05) is 18.2 Å². The van der Waals surface area contributed by atoms with Crippen LogP contribution in [0.3, 0.4) is 0 Å². The number of halogens is 1. The molecule has 0 saturated heterocycles. The first-order valence-corrected chi connectivity index (χ1v) is 7.54. The molecule has 2 N–H and O–H groups in total. The number of hydrogen-bond donors (Lipinski definition) is 1. The van der Waals surface area contributed by atoms with Crippen LogP contribution in [0.15, 0.2) is 30.3 Å². The molecule has 1 aromatic carbocycles. The summed E-state index contributed by atoms with van der Waals surface area (Å²) in [7, 11) is 1.66. The van der Waals surface area contributed by atoms with Gasteiger partial charge in [-0.1, -0.05) is 24.9 Å². The molecule has 0 amide bonds. The quantitative estimate of drug-likeness (QED) is 0.853. The minimum Gasteiger partial charge on any atom is -0.497 e. The van der Waals surface area contributed by atoms with E-state index in [1.54, 1.807) is 18.4 Å². The van der Waals surface area contributed by atoms with E-state index in [2.05, 4.69) is 19.1 Å². The van der Waals surface area contributed by atoms with Gasteiger partial charge in [0.25, 0.3) is 0 Å². The number of benzene rings is 1. The predicted octanol–water partition coefficient (Wildman–Crippen LogP) is 4.88. The summed E-state index contributed by atoms with van der Waals surface area (Å²) in [6, 6.07) is 9.98. The lowest BCUT2D eigenvalue weighted by atomic mass is 10.1. The minimum atomic E-state index is 0.119. The van der Waals surface area contributed by atoms with Crippen LogP contribution in [0.5, 0.6) is 5.75 Å². The maximum absolute atomic E-state index is 6.26. The zero-order valence-electron chi connectivity index (χ0n) is 11.2. The lowest BCUT2D eigenvalue weighted by molar-refractivity contribution is 0.415. The highest BCUT2D eigenvalue weighted by atomic mass is 35.5. The number of ether oxygens (including phenoxy) is 1. The van der Waals surface area contributed by atoms with E-state index in [0.29, 0.717) is 0 Å². The highest BCUT2D eigenvalue weighted by Gasteiger charge is 2.12. The first-order valence-electron chi connectivity index (χ1n) is 6.35. The summed E-state index contributed by atoms with van der Waals surface area (Å²) in [5.74, 6) is 0.812. The standard InChI is InChI=1S/C15H18ClNOS/c1-3-4-13(17)15-8-7-14(19-15)11-9-10(18-2)5-6-12(11)16/h5-9,13H,3-4,17H2,1-2H3. The third-order valence-electron chi connectivity index (χ3n) is 3.03. The zero-order valence-corrected chi connectivity index (χ0v) is 12.7. The molecule has 0 aliphatic heterocycles. The molecule has 0 aliphatic carbocycles. The Hall–Kier alpha value is -1.03. The van der Waals surface area contributed by atoms with E-state index in [9.17, 15) is 0 Å². The lowest BCUT2D eigenvalue weighted by Gasteiger charge is -2.07. The molecule has 1 unspecified atom stereocenters. The molecule has 2 nitrogen and oxygen atoms in total. The normalized spacial score (nSPS) is 12.4. The van der Waals surface area contributed by atoms with E-state index in [0.717, 1.165) is 34.1 Å². The van der Waals surface area contributed by atoms with Crippen molar-refractivity contribution in [2.24, 2.45) is 5.73 Å². The molecule has 1 atom stereocenters. The smallest absolute Gasteiger partial charge is 0.119 e. The van der Waals surface area contributed by atoms with Crippen molar-refractivity contribution in [3.63, 3.8) is 0 Å². The van der Waals surface area contributed by atoms with Gasteiger partial charge in [-0.3, -0.25) is 0 Å². The largest absolute Gasteiger partial charge is 0.497 e. The van der Waals surface area contributed by atoms with E-state index in [-0.39, 0.29) is 6.04 Å². The van der Waals surface area contributed by atoms with Gasteiger partial charge in [0.05, 0.1) is 7.11 Å². The fourth-order valence-electron chi connectivity index (χ4n) is 1.97. The molecule has 4 heteroatoms. The van der Waals surface area contributed by atoms with Crippen LogP contribution >= 0.6 is 22.9 Å². The molecule has 1 aromatic heterocycles. The van der Waals surface area contributed by atoms with Crippen molar-refractivity contribution in [1.82, 2.24) is 0 Å². The zero-order chi connectivity index (χ0) is 13.8. The fourth-order valence-corrected chi connectivity index (χ4v) is 3.32. The molecule has 0 saturated carbocycles. The van der Waals surface area contributed by atoms with Gasteiger partial charge in [0, 0.05) is 26.4 Å². The average molecular weight is 296 g/mol. The van der Waals surface area contributed by atoms with E-state index >= 15 is 0 Å². The summed E-state index contributed by atoms with van der Waals surface area (Å²) in [6.07, 6.45) is 2.10. The molecule has 0 radical (unpaired) electrons. The lowest BCUT2D eigenvalue weighted by Crippen LogP contribution is -2.07. The first kappa shape index (κ1) is 14.4. The third kappa shape index (κ3) is 3.30. The van der Waals surface area contributed by atoms with Gasteiger partial charge in [-0.25, -0.2) is 0 Å². The third-order valence-corrected chi connectivity index (χ3v) is 4.61. The van der Waals surface area contributed by atoms with Gasteiger partial charge in [0.1, 0.15) is 5.75 Å². The van der Waals surface area contributed by atoms with Crippen LogP contribution in [0.4, 0.5) is 0 Å². The molecule has 0 fully saturated rings. The number of hydrogen-bond acceptors (Lipinski definition) is 3. The monoisotopic (exact) mass is 295 g/mol. The number of rotatable bonds is 5. The van der Waals surface area contributed by atoms with Crippen molar-refractivity contribution in [2.75, 3.05) is 7.11 Å². The summed E-state index contributed by atoms with van der Waals surface area (Å²) >= 11 is 7.96. The van der Waals surface area contributed by atoms with Crippen molar-refractivity contribution in [3.05, 3.63) is 40.2 Å². The molecular formula is C15H18ClNOS. The second kappa shape index (κ2) is 6.42. The van der Waals surface area contributed by atoms with Crippen LogP contribution < -0.4 is 10.5 Å². The molecule has 102 valence electrons. The Bertz CT molecular complexity index is 553. The highest BCUT2D eigenvalue weighted by Crippen LogP contribution is 2.37. The van der Waals surface area contributed by atoms with Crippen molar-refractivity contribution >= 4 is 22.9 Å². The van der Waals surface area contributed by atoms with E-state index in [4.69, 9.17) is 22.1 Å². The summed E-state index contributed by atoms with van der Waals surface area (Å²) in [5.41, 5.74) is 7.14. The van der Waals surface area contributed by atoms with E-state index < -0.39 is 0 Å². The van der Waals surface area contributed by atoms with E-state index in [1.165, 1.54) is 4.88 Å². The van der Waals surface area contributed by atoms with Crippen LogP contribution in [0.25, 0.3) is 10.4 Å². The summed E-state index contributed by atoms with van der Waals surface area (Å²) < 4.78 is 5.25. The van der Waals surface area contributed by atoms with Crippen molar-refractivity contribution in [3.8, 4) is 16.2 Å². The fraction of sp³-hybridized carbons (Fsp3) is 0.333. The van der Waals surface area contributed by atoms with Gasteiger partial charge >= 0.3 is 0 Å². The van der Waals surface area contributed by atoms with Gasteiger partial charge in [0.15, 0.2) is 0 Å². The second-order valence-electron chi connectivity index (χ2n) is 4.44. The number of thiophene rings is 1. The highest BCUT2D eigenvalue weighted by molar-refractivity contribution is 7.15. The predicted molar refractivity (Wildman–Crippen MR) is 83.2 cm³/mol. The summed E-state index contributed by atoms with van der Waals surface area (Å²) in [4.78, 5) is 2.33. The molecule has 19 heavy (non-hydrogen) atoms. The van der Waals surface area contributed by atoms with Crippen LogP contribution in [-0.2, 0) is 0 Å². The number of methoxy groups -OCH3 is 1. The molecule has 2 aromatic rings. The van der Waals surface area contributed by atoms with Gasteiger partial charge < -0.3 is 10.5 Å². The van der Waals surface area contributed by atoms with Crippen molar-refractivity contribution in [1.29, 1.82) is 0 Å². The van der Waals surface area contributed by atoms with Crippen molar-refractivity contribution < 1.29 is 4.74 Å². The molecular weight excluding hydrogens is 278 g/mol. The Kier molecular flexibility index (Phi) is 4.86. The maximum Gasteiger partial charge on any atom is 0.119 e. The Labute approximate surface area is 123 Å². The van der Waals surface area contributed by atoms with Gasteiger partial charge in [-0.15, -0.1) is 11.3 Å². The topological polar surface area (TPSA) is 35.2 Å². The molecule has 0 bridgehead atoms. The van der Waals surface area contributed by atoms with Gasteiger partial charge in [-0.2, -0.15) is 0 Å². The summed E-state index contributed by atoms with van der Waals surface area (Å²) in [5, 5.41) is 0.735. The molecule has 2 rings (SSSR count). The summed E-state index contributed by atoms with van der Waals surface area (Å²) in [6.45, 7) is 2.15. The Balaban J connectivity index is 2.32. The van der Waals surface area contributed by atoms with Crippen LogP contribution in [0, 0.1) is 0 Å². The van der Waals surface area contributed by atoms with Crippen LogP contribution in [0.2, 0.25) is 5.02 Å². The number of nitrogens with two attached hydrogens (primary N) is 1. The first-order chi connectivity index (χ1) is 9.15. The molecule has 0 aliphatic rings. The van der Waals surface area contributed by atoms with Crippen molar-refractivity contribution in [2.45, 2.75) is 25.8 Å². The SMILES string of the molecule is CCCC(N)c1ccc(-c2cc(OC)ccc2Cl)s1. The minimum absolute atomic E-state index is 0.119. The molecule has 1 heterocycles. The Morgan fingerprint density at radius 3 is 2.79 bits per heavy atom. The van der Waals surface area contributed by atoms with Gasteiger partial charge in [-0.05, 0) is 36.8 Å². The van der Waals surface area contributed by atoms with Crippen LogP contribution in [-0.4, -0.2) is 7.11 Å². The molecule has 0 spiro atoms. The second-order valence-corrected chi connectivity index (χ2v) is 5.97. The van der Waals surface area contributed by atoms with Crippen LogP contribution in [0.1, 0.15) is 30.7 Å². The average Bonchev–Trinajstić information content (AvgIpc) is 2.89. The Morgan fingerprint density at radius 1 is 1.32 bits per heavy atom. The Morgan fingerprint density at radius 2 is 2.11 bits per heavy atom. The maximum atomic E-state index is 6.26. The van der Waals surface area contributed by atoms with Gasteiger partial charge in [0.2, 0.25) is 0 Å².